The van der Waals surface area contributed by atoms with Gasteiger partial charge in [0, 0.05) is 63.2 Å². The number of nitrogens with zero attached hydrogens (tertiary/aromatic N) is 7. The van der Waals surface area contributed by atoms with Crippen molar-refractivity contribution in [1.29, 1.82) is 5.26 Å². The average molecular weight is 583 g/mol. The number of azo groups is 1. The quantitative estimate of drug-likeness (QED) is 0.323. The lowest BCUT2D eigenvalue weighted by Gasteiger charge is -2.53. The van der Waals surface area contributed by atoms with E-state index in [0.29, 0.717) is 24.9 Å². The molecule has 1 amide bonds. The van der Waals surface area contributed by atoms with Gasteiger partial charge in [-0.05, 0) is 70.7 Å². The molecule has 42 heavy (non-hydrogen) atoms. The molecular formula is C31H47FN8O2. The summed E-state index contributed by atoms with van der Waals surface area (Å²) in [7, 11) is 0. The summed E-state index contributed by atoms with van der Waals surface area (Å²) in [5.74, 6) is 0.0997. The van der Waals surface area contributed by atoms with Crippen molar-refractivity contribution >= 4 is 12.2 Å². The van der Waals surface area contributed by atoms with Crippen molar-refractivity contribution in [3.63, 3.8) is 0 Å². The molecule has 3 aliphatic rings. The largest absolute Gasteiger partial charge is 0.462 e. The maximum atomic E-state index is 14.3. The first kappa shape index (κ1) is 32.0. The Labute approximate surface area is 250 Å². The van der Waals surface area contributed by atoms with Crippen LogP contribution < -0.4 is 10.1 Å². The first-order chi connectivity index (χ1) is 20.2. The molecule has 0 bridgehead atoms. The van der Waals surface area contributed by atoms with E-state index in [1.807, 2.05) is 20.8 Å². The number of hydrogen-bond donors (Lipinski definition) is 1. The van der Waals surface area contributed by atoms with Crippen LogP contribution in [0.3, 0.4) is 0 Å². The molecule has 1 spiro atoms. The van der Waals surface area contributed by atoms with Crippen LogP contribution in [-0.2, 0) is 0 Å². The van der Waals surface area contributed by atoms with Gasteiger partial charge in [-0.3, -0.25) is 14.6 Å². The van der Waals surface area contributed by atoms with Gasteiger partial charge in [0.15, 0.2) is 6.17 Å². The predicted molar refractivity (Wildman–Crippen MR) is 161 cm³/mol. The molecule has 0 aliphatic carbocycles. The second kappa shape index (κ2) is 14.5. The van der Waals surface area contributed by atoms with Crippen molar-refractivity contribution in [2.75, 3.05) is 45.8 Å². The van der Waals surface area contributed by atoms with Gasteiger partial charge >= 0.3 is 0 Å². The van der Waals surface area contributed by atoms with Gasteiger partial charge < -0.3 is 15.0 Å². The molecule has 3 aliphatic heterocycles. The minimum atomic E-state index is -0.732. The smallest absolute Gasteiger partial charge is 0.257 e. The van der Waals surface area contributed by atoms with E-state index in [4.69, 9.17) is 10.00 Å². The number of carbonyl (C=O) groups is 1. The molecular weight excluding hydrogens is 535 g/mol. The minimum absolute atomic E-state index is 0.0328. The van der Waals surface area contributed by atoms with Gasteiger partial charge in [0.25, 0.3) is 5.91 Å². The SMILES string of the molecule is CCN(C(=O)c1cc(F)ccc1OC1N=NC=NC1N1CCC2(C1)CN([C@H](CCCNCCC#N)C(C)C)C2)C(C)C. The topological polar surface area (TPSA) is 109 Å². The first-order valence-electron chi connectivity index (χ1n) is 15.4. The maximum absolute atomic E-state index is 14.3. The molecule has 11 heteroatoms. The average Bonchev–Trinajstić information content (AvgIpc) is 3.39. The van der Waals surface area contributed by atoms with Crippen LogP contribution in [0.15, 0.2) is 33.4 Å². The van der Waals surface area contributed by atoms with Crippen molar-refractivity contribution in [2.24, 2.45) is 26.6 Å². The van der Waals surface area contributed by atoms with Crippen LogP contribution >= 0.6 is 0 Å². The molecule has 3 heterocycles. The van der Waals surface area contributed by atoms with Crippen LogP contribution in [0.4, 0.5) is 4.39 Å². The molecule has 2 fully saturated rings. The molecule has 0 radical (unpaired) electrons. The van der Waals surface area contributed by atoms with Crippen molar-refractivity contribution in [2.45, 2.75) is 84.8 Å². The Bertz CT molecular complexity index is 1160. The molecule has 0 saturated carbocycles. The zero-order valence-electron chi connectivity index (χ0n) is 25.8. The Morgan fingerprint density at radius 2 is 2.05 bits per heavy atom. The van der Waals surface area contributed by atoms with Gasteiger partial charge in [-0.25, -0.2) is 9.38 Å². The fourth-order valence-electron chi connectivity index (χ4n) is 6.63. The Kier molecular flexibility index (Phi) is 11.0. The molecule has 4 rings (SSSR count). The third-order valence-corrected chi connectivity index (χ3v) is 8.78. The number of benzene rings is 1. The lowest BCUT2D eigenvalue weighted by Crippen LogP contribution is -2.62. The highest BCUT2D eigenvalue weighted by Gasteiger charge is 2.51. The second-order valence-corrected chi connectivity index (χ2v) is 12.5. The summed E-state index contributed by atoms with van der Waals surface area (Å²) in [6.45, 7) is 16.5. The summed E-state index contributed by atoms with van der Waals surface area (Å²) in [4.78, 5) is 24.6. The number of likely N-dealkylation sites (tertiary alicyclic amines) is 2. The Hall–Kier alpha value is -2.94. The minimum Gasteiger partial charge on any atom is -0.462 e. The molecule has 2 saturated heterocycles. The van der Waals surface area contributed by atoms with Gasteiger partial charge in [-0.1, -0.05) is 13.8 Å². The van der Waals surface area contributed by atoms with E-state index in [1.54, 1.807) is 4.90 Å². The highest BCUT2D eigenvalue weighted by Crippen LogP contribution is 2.43. The standard InChI is InChI=1S/C31H47FN8O2/c1-6-40(23(4)5)30(41)25-17-24(32)10-11-27(25)42-29-28(35-21-36-37-29)38-16-12-31(18-38)19-39(20-31)26(22(2)3)9-7-14-34-15-8-13-33/h10-11,17,21-23,26,28-29,34H,6-9,12,14-16,18-20H2,1-5H3/t26-,28?,29?/m1/s1. The fourth-order valence-corrected chi connectivity index (χ4v) is 6.63. The fraction of sp³-hybridized carbons (Fsp3) is 0.710. The van der Waals surface area contributed by atoms with Gasteiger partial charge in [-0.15, -0.1) is 10.2 Å². The van der Waals surface area contributed by atoms with Crippen LogP contribution in [0.25, 0.3) is 0 Å². The highest BCUT2D eigenvalue weighted by atomic mass is 19.1. The zero-order valence-corrected chi connectivity index (χ0v) is 25.8. The van der Waals surface area contributed by atoms with E-state index in [-0.39, 0.29) is 34.8 Å². The van der Waals surface area contributed by atoms with E-state index in [9.17, 15) is 9.18 Å². The van der Waals surface area contributed by atoms with E-state index in [2.05, 4.69) is 50.3 Å². The number of halogens is 1. The highest BCUT2D eigenvalue weighted by molar-refractivity contribution is 5.97. The van der Waals surface area contributed by atoms with Gasteiger partial charge in [0.1, 0.15) is 17.9 Å². The second-order valence-electron chi connectivity index (χ2n) is 12.5. The van der Waals surface area contributed by atoms with E-state index >= 15 is 0 Å². The number of ether oxygens (including phenoxy) is 1. The van der Waals surface area contributed by atoms with Crippen molar-refractivity contribution in [3.8, 4) is 11.8 Å². The summed E-state index contributed by atoms with van der Waals surface area (Å²) in [5.41, 5.74) is 0.407. The van der Waals surface area contributed by atoms with Crippen molar-refractivity contribution in [3.05, 3.63) is 29.6 Å². The van der Waals surface area contributed by atoms with Crippen molar-refractivity contribution < 1.29 is 13.9 Å². The lowest BCUT2D eigenvalue weighted by atomic mass is 9.76. The van der Waals surface area contributed by atoms with Crippen molar-refractivity contribution in [1.82, 2.24) is 20.0 Å². The molecule has 0 aromatic heterocycles. The molecule has 3 atom stereocenters. The molecule has 1 N–H and O–H groups in total. The maximum Gasteiger partial charge on any atom is 0.257 e. The number of amides is 1. The van der Waals surface area contributed by atoms with Gasteiger partial charge in [0.05, 0.1) is 11.6 Å². The molecule has 2 unspecified atom stereocenters. The van der Waals surface area contributed by atoms with Crippen LogP contribution in [0.5, 0.6) is 5.75 Å². The number of nitrogens with one attached hydrogen (secondary N) is 1. The first-order valence-corrected chi connectivity index (χ1v) is 15.4. The van der Waals surface area contributed by atoms with Gasteiger partial charge in [0.2, 0.25) is 6.23 Å². The van der Waals surface area contributed by atoms with Crippen LogP contribution in [0.2, 0.25) is 0 Å². The Morgan fingerprint density at radius 3 is 2.74 bits per heavy atom. The number of rotatable bonds is 14. The zero-order chi connectivity index (χ0) is 30.3. The molecule has 1 aromatic carbocycles. The molecule has 230 valence electrons. The predicted octanol–water partition coefficient (Wildman–Crippen LogP) is 4.54. The summed E-state index contributed by atoms with van der Waals surface area (Å²) < 4.78 is 20.5. The van der Waals surface area contributed by atoms with E-state index in [0.717, 1.165) is 58.5 Å². The van der Waals surface area contributed by atoms with E-state index in [1.165, 1.54) is 24.5 Å². The summed E-state index contributed by atoms with van der Waals surface area (Å²) in [6.07, 6.45) is 4.25. The number of hydrogen-bond acceptors (Lipinski definition) is 9. The molecule has 10 nitrogen and oxygen atoms in total. The van der Waals surface area contributed by atoms with E-state index < -0.39 is 12.0 Å². The lowest BCUT2D eigenvalue weighted by molar-refractivity contribution is -0.0453. The Morgan fingerprint density at radius 1 is 1.26 bits per heavy atom. The monoisotopic (exact) mass is 582 g/mol. The number of carbonyl (C=O) groups excluding carboxylic acids is 1. The number of aliphatic imine (C=N–C) groups is 1. The van der Waals surface area contributed by atoms with Crippen LogP contribution in [0.1, 0.15) is 70.7 Å². The normalized spacial score (nSPS) is 22.5. The van der Waals surface area contributed by atoms with Crippen LogP contribution in [-0.4, -0.2) is 97.2 Å². The third-order valence-electron chi connectivity index (χ3n) is 8.78. The van der Waals surface area contributed by atoms with Crippen LogP contribution in [0, 0.1) is 28.5 Å². The summed E-state index contributed by atoms with van der Waals surface area (Å²) in [5, 5.41) is 20.4. The summed E-state index contributed by atoms with van der Waals surface area (Å²) in [6, 6.07) is 6.73. The third kappa shape index (κ3) is 7.52. The van der Waals surface area contributed by atoms with Gasteiger partial charge in [-0.2, -0.15) is 5.26 Å². The Balaban J connectivity index is 1.38. The molecule has 1 aromatic rings. The summed E-state index contributed by atoms with van der Waals surface area (Å²) >= 11 is 0. The number of nitriles is 1.